The summed E-state index contributed by atoms with van der Waals surface area (Å²) in [5, 5.41) is 3.57. The molecule has 0 bridgehead atoms. The van der Waals surface area contributed by atoms with Crippen LogP contribution in [0.3, 0.4) is 0 Å². The van der Waals surface area contributed by atoms with Crippen molar-refractivity contribution in [3.8, 4) is 0 Å². The van der Waals surface area contributed by atoms with Crippen LogP contribution in [-0.2, 0) is 4.79 Å². The average molecular weight is 345 g/mol. The van der Waals surface area contributed by atoms with Gasteiger partial charge in [-0.1, -0.05) is 40.9 Å². The predicted octanol–water partition coefficient (Wildman–Crippen LogP) is 5.44. The Morgan fingerprint density at radius 3 is 2.57 bits per heavy atom. The summed E-state index contributed by atoms with van der Waals surface area (Å²) in [5.41, 5.74) is 0.518. The summed E-state index contributed by atoms with van der Waals surface area (Å²) >= 11 is 17.6. The first-order valence-electron chi connectivity index (χ1n) is 5.85. The molecule has 2 aromatic carbocycles. The Hall–Kier alpha value is -1.55. The summed E-state index contributed by atoms with van der Waals surface area (Å²) < 4.78 is 13.5. The number of benzene rings is 2. The third kappa shape index (κ3) is 4.21. The maximum Gasteiger partial charge on any atom is 0.248 e. The number of carbonyl (C=O) groups excluding carboxylic acids is 1. The third-order valence-corrected chi connectivity index (χ3v) is 3.48. The summed E-state index contributed by atoms with van der Waals surface area (Å²) in [6, 6.07) is 8.98. The van der Waals surface area contributed by atoms with E-state index < -0.39 is 11.7 Å². The fourth-order valence-electron chi connectivity index (χ4n) is 1.60. The van der Waals surface area contributed by atoms with Gasteiger partial charge in [0.05, 0.1) is 15.7 Å². The molecule has 0 unspecified atom stereocenters. The summed E-state index contributed by atoms with van der Waals surface area (Å²) in [7, 11) is 0. The highest BCUT2D eigenvalue weighted by Crippen LogP contribution is 2.25. The minimum Gasteiger partial charge on any atom is -0.321 e. The molecule has 0 saturated heterocycles. The van der Waals surface area contributed by atoms with Crippen molar-refractivity contribution in [1.29, 1.82) is 0 Å². The van der Waals surface area contributed by atoms with E-state index >= 15 is 0 Å². The highest BCUT2D eigenvalue weighted by molar-refractivity contribution is 6.36. The number of hydrogen-bond acceptors (Lipinski definition) is 1. The Kier molecular flexibility index (Phi) is 5.23. The minimum absolute atomic E-state index is 0.145. The molecule has 0 aliphatic heterocycles. The van der Waals surface area contributed by atoms with Gasteiger partial charge in [-0.15, -0.1) is 0 Å². The number of nitrogens with one attached hydrogen (secondary N) is 1. The van der Waals surface area contributed by atoms with Gasteiger partial charge in [0, 0.05) is 16.7 Å². The van der Waals surface area contributed by atoms with Crippen LogP contribution in [0.15, 0.2) is 42.5 Å². The molecule has 0 aliphatic rings. The van der Waals surface area contributed by atoms with Crippen molar-refractivity contribution in [2.24, 2.45) is 0 Å². The third-order valence-electron chi connectivity index (χ3n) is 2.59. The van der Waals surface area contributed by atoms with Gasteiger partial charge >= 0.3 is 0 Å². The molecule has 1 amide bonds. The number of rotatable bonds is 3. The molecule has 2 aromatic rings. The summed E-state index contributed by atoms with van der Waals surface area (Å²) in [5.74, 6) is -0.981. The summed E-state index contributed by atoms with van der Waals surface area (Å²) in [6.07, 6.45) is 2.47. The van der Waals surface area contributed by atoms with Crippen LogP contribution in [0.25, 0.3) is 6.08 Å². The van der Waals surface area contributed by atoms with Gasteiger partial charge in [-0.2, -0.15) is 0 Å². The molecular formula is C15H9Cl3FNO. The molecule has 0 heterocycles. The number of halogens is 4. The van der Waals surface area contributed by atoms with Crippen molar-refractivity contribution in [2.45, 2.75) is 0 Å². The van der Waals surface area contributed by atoms with Crippen LogP contribution in [0, 0.1) is 5.82 Å². The van der Waals surface area contributed by atoms with E-state index in [0.29, 0.717) is 15.7 Å². The van der Waals surface area contributed by atoms with Gasteiger partial charge in [0.2, 0.25) is 5.91 Å². The van der Waals surface area contributed by atoms with Gasteiger partial charge in [0.25, 0.3) is 0 Å². The minimum atomic E-state index is -0.507. The van der Waals surface area contributed by atoms with E-state index in [0.717, 1.165) is 0 Å². The lowest BCUT2D eigenvalue weighted by Crippen LogP contribution is -2.08. The number of carbonyl (C=O) groups is 1. The van der Waals surface area contributed by atoms with Crippen LogP contribution in [0.5, 0.6) is 0 Å². The van der Waals surface area contributed by atoms with E-state index in [1.807, 2.05) is 0 Å². The number of amides is 1. The van der Waals surface area contributed by atoms with E-state index in [2.05, 4.69) is 5.32 Å². The smallest absolute Gasteiger partial charge is 0.248 e. The quantitative estimate of drug-likeness (QED) is 0.738. The first-order valence-corrected chi connectivity index (χ1v) is 6.99. The van der Waals surface area contributed by atoms with E-state index in [1.165, 1.54) is 36.4 Å². The standard InChI is InChI=1S/C15H9Cl3FNO/c16-9-4-6-12(18)14(8-9)20-15(21)7-5-10-11(17)2-1-3-13(10)19/h1-8H,(H,20,21)/b7-5+. The largest absolute Gasteiger partial charge is 0.321 e. The Morgan fingerprint density at radius 1 is 1.10 bits per heavy atom. The molecular weight excluding hydrogens is 336 g/mol. The van der Waals surface area contributed by atoms with Crippen LogP contribution in [0.1, 0.15) is 5.56 Å². The lowest BCUT2D eigenvalue weighted by Gasteiger charge is -2.05. The average Bonchev–Trinajstić information content (AvgIpc) is 2.42. The molecule has 2 nitrogen and oxygen atoms in total. The van der Waals surface area contributed by atoms with Gasteiger partial charge < -0.3 is 5.32 Å². The molecule has 108 valence electrons. The monoisotopic (exact) mass is 343 g/mol. The Labute approximate surface area is 136 Å². The number of anilines is 1. The van der Waals surface area contributed by atoms with Gasteiger partial charge in [-0.3, -0.25) is 4.79 Å². The second kappa shape index (κ2) is 6.94. The molecule has 0 atom stereocenters. The summed E-state index contributed by atoms with van der Waals surface area (Å²) in [4.78, 5) is 11.8. The van der Waals surface area contributed by atoms with E-state index in [4.69, 9.17) is 34.8 Å². The van der Waals surface area contributed by atoms with Crippen molar-refractivity contribution < 1.29 is 9.18 Å². The normalized spacial score (nSPS) is 10.9. The molecule has 0 aliphatic carbocycles. The molecule has 6 heteroatoms. The molecule has 21 heavy (non-hydrogen) atoms. The van der Waals surface area contributed by atoms with Crippen LogP contribution in [0.2, 0.25) is 15.1 Å². The maximum absolute atomic E-state index is 13.5. The zero-order valence-electron chi connectivity index (χ0n) is 10.5. The van der Waals surface area contributed by atoms with Crippen LogP contribution in [0.4, 0.5) is 10.1 Å². The molecule has 0 saturated carbocycles. The SMILES string of the molecule is O=C(/C=C/c1c(F)cccc1Cl)Nc1cc(Cl)ccc1Cl. The summed E-state index contributed by atoms with van der Waals surface area (Å²) in [6.45, 7) is 0. The molecule has 0 fully saturated rings. The van der Waals surface area contributed by atoms with Gasteiger partial charge in [-0.05, 0) is 36.4 Å². The van der Waals surface area contributed by atoms with Crippen molar-refractivity contribution in [1.82, 2.24) is 0 Å². The zero-order valence-corrected chi connectivity index (χ0v) is 12.8. The van der Waals surface area contributed by atoms with Gasteiger partial charge in [-0.25, -0.2) is 4.39 Å². The van der Waals surface area contributed by atoms with Crippen molar-refractivity contribution >= 4 is 52.5 Å². The van der Waals surface area contributed by atoms with Crippen molar-refractivity contribution in [3.63, 3.8) is 0 Å². The molecule has 2 rings (SSSR count). The molecule has 0 aromatic heterocycles. The lowest BCUT2D eigenvalue weighted by molar-refractivity contribution is -0.111. The molecule has 0 spiro atoms. The maximum atomic E-state index is 13.5. The van der Waals surface area contributed by atoms with E-state index in [-0.39, 0.29) is 10.6 Å². The second-order valence-corrected chi connectivity index (χ2v) is 5.33. The molecule has 0 radical (unpaired) electrons. The first kappa shape index (κ1) is 15.8. The predicted molar refractivity (Wildman–Crippen MR) is 85.5 cm³/mol. The highest BCUT2D eigenvalue weighted by atomic mass is 35.5. The Bertz CT molecular complexity index is 696. The van der Waals surface area contributed by atoms with Crippen LogP contribution >= 0.6 is 34.8 Å². The van der Waals surface area contributed by atoms with Crippen LogP contribution < -0.4 is 5.32 Å². The van der Waals surface area contributed by atoms with E-state index in [1.54, 1.807) is 12.1 Å². The van der Waals surface area contributed by atoms with Gasteiger partial charge in [0.15, 0.2) is 0 Å². The first-order chi connectivity index (χ1) is 9.97. The van der Waals surface area contributed by atoms with Gasteiger partial charge in [0.1, 0.15) is 5.82 Å². The lowest BCUT2D eigenvalue weighted by atomic mass is 10.2. The highest BCUT2D eigenvalue weighted by Gasteiger charge is 2.06. The second-order valence-electron chi connectivity index (χ2n) is 4.08. The Morgan fingerprint density at radius 2 is 1.86 bits per heavy atom. The van der Waals surface area contributed by atoms with Crippen LogP contribution in [-0.4, -0.2) is 5.91 Å². The number of hydrogen-bond donors (Lipinski definition) is 1. The zero-order chi connectivity index (χ0) is 15.4. The molecule has 1 N–H and O–H groups in total. The van der Waals surface area contributed by atoms with Crippen molar-refractivity contribution in [3.05, 3.63) is 68.9 Å². The topological polar surface area (TPSA) is 29.1 Å². The Balaban J connectivity index is 2.15. The fourth-order valence-corrected chi connectivity index (χ4v) is 2.16. The van der Waals surface area contributed by atoms with E-state index in [9.17, 15) is 9.18 Å². The van der Waals surface area contributed by atoms with Crippen molar-refractivity contribution in [2.75, 3.05) is 5.32 Å². The fraction of sp³-hybridized carbons (Fsp3) is 0.